The Kier molecular flexibility index (Phi) is 4.17. The molecule has 0 unspecified atom stereocenters. The Bertz CT molecular complexity index is 486. The molecule has 0 aliphatic heterocycles. The highest BCUT2D eigenvalue weighted by Crippen LogP contribution is 2.22. The Morgan fingerprint density at radius 1 is 1.47 bits per heavy atom. The monoisotopic (exact) mass is 257 g/mol. The van der Waals surface area contributed by atoms with Crippen LogP contribution in [-0.2, 0) is 4.74 Å². The summed E-state index contributed by atoms with van der Waals surface area (Å²) in [6.45, 7) is 1.69. The van der Waals surface area contributed by atoms with Crippen LogP contribution in [0, 0.1) is 10.1 Å². The molecule has 0 saturated carbocycles. The Hall–Kier alpha value is -1.95. The highest BCUT2D eigenvalue weighted by molar-refractivity contribution is 6.67. The summed E-state index contributed by atoms with van der Waals surface area (Å²) in [5.41, 5.74) is -0.764. The SMILES string of the molecule is CCOC(=O)c1ccc(C(=O)Cl)cc1[N+](=O)[O-]. The zero-order valence-electron chi connectivity index (χ0n) is 8.81. The highest BCUT2D eigenvalue weighted by Gasteiger charge is 2.22. The van der Waals surface area contributed by atoms with Gasteiger partial charge in [0.15, 0.2) is 0 Å². The fourth-order valence-corrected chi connectivity index (χ4v) is 1.30. The number of nitro groups is 1. The van der Waals surface area contributed by atoms with Crippen molar-refractivity contribution in [3.63, 3.8) is 0 Å². The summed E-state index contributed by atoms with van der Waals surface area (Å²) in [6, 6.07) is 3.32. The second-order valence-electron chi connectivity index (χ2n) is 2.98. The number of ether oxygens (including phenoxy) is 1. The van der Waals surface area contributed by atoms with Crippen molar-refractivity contribution in [2.24, 2.45) is 0 Å². The summed E-state index contributed by atoms with van der Waals surface area (Å²) in [4.78, 5) is 32.2. The maximum Gasteiger partial charge on any atom is 0.345 e. The van der Waals surface area contributed by atoms with Crippen molar-refractivity contribution in [3.05, 3.63) is 39.4 Å². The number of hydrogen-bond donors (Lipinski definition) is 0. The van der Waals surface area contributed by atoms with Gasteiger partial charge >= 0.3 is 5.97 Å². The molecule has 0 aliphatic rings. The number of carbonyl (C=O) groups is 2. The fraction of sp³-hybridized carbons (Fsp3) is 0.200. The van der Waals surface area contributed by atoms with Gasteiger partial charge in [0.25, 0.3) is 10.9 Å². The number of nitrogens with zero attached hydrogens (tertiary/aromatic N) is 1. The smallest absolute Gasteiger partial charge is 0.345 e. The van der Waals surface area contributed by atoms with Gasteiger partial charge in [-0.2, -0.15) is 0 Å². The van der Waals surface area contributed by atoms with Crippen molar-refractivity contribution < 1.29 is 19.2 Å². The molecule has 0 aromatic heterocycles. The molecule has 17 heavy (non-hydrogen) atoms. The third-order valence-corrected chi connectivity index (χ3v) is 2.13. The van der Waals surface area contributed by atoms with E-state index in [1.165, 1.54) is 6.07 Å². The second kappa shape index (κ2) is 5.40. The van der Waals surface area contributed by atoms with Crippen LogP contribution in [0.25, 0.3) is 0 Å². The molecule has 0 atom stereocenters. The van der Waals surface area contributed by atoms with E-state index in [4.69, 9.17) is 11.6 Å². The molecule has 0 bridgehead atoms. The van der Waals surface area contributed by atoms with Gasteiger partial charge in [0, 0.05) is 11.6 Å². The molecule has 0 heterocycles. The topological polar surface area (TPSA) is 86.5 Å². The maximum atomic E-state index is 11.4. The predicted octanol–water partition coefficient (Wildman–Crippen LogP) is 2.15. The van der Waals surface area contributed by atoms with E-state index in [1.807, 2.05) is 0 Å². The number of benzene rings is 1. The van der Waals surface area contributed by atoms with Crippen molar-refractivity contribution in [1.82, 2.24) is 0 Å². The molecule has 0 amide bonds. The van der Waals surface area contributed by atoms with Crippen molar-refractivity contribution >= 4 is 28.5 Å². The van der Waals surface area contributed by atoms with Gasteiger partial charge in [0.2, 0.25) is 0 Å². The van der Waals surface area contributed by atoms with Crippen molar-refractivity contribution in [3.8, 4) is 0 Å². The zero-order chi connectivity index (χ0) is 13.0. The minimum Gasteiger partial charge on any atom is -0.462 e. The quantitative estimate of drug-likeness (QED) is 0.357. The van der Waals surface area contributed by atoms with E-state index in [0.717, 1.165) is 12.1 Å². The molecule has 1 aromatic rings. The second-order valence-corrected chi connectivity index (χ2v) is 3.33. The largest absolute Gasteiger partial charge is 0.462 e. The van der Waals surface area contributed by atoms with Gasteiger partial charge in [-0.1, -0.05) is 0 Å². The first-order valence-electron chi connectivity index (χ1n) is 4.62. The number of nitro benzene ring substituents is 1. The Morgan fingerprint density at radius 2 is 2.12 bits per heavy atom. The molecule has 90 valence electrons. The molecule has 0 fully saturated rings. The lowest BCUT2D eigenvalue weighted by molar-refractivity contribution is -0.385. The highest BCUT2D eigenvalue weighted by atomic mass is 35.5. The number of halogens is 1. The molecule has 0 saturated heterocycles. The van der Waals surface area contributed by atoms with Crippen molar-refractivity contribution in [1.29, 1.82) is 0 Å². The van der Waals surface area contributed by atoms with Gasteiger partial charge in [0.1, 0.15) is 5.56 Å². The first kappa shape index (κ1) is 13.1. The van der Waals surface area contributed by atoms with Crippen LogP contribution in [0.1, 0.15) is 27.6 Å². The number of hydrogen-bond acceptors (Lipinski definition) is 5. The number of rotatable bonds is 4. The summed E-state index contributed by atoms with van der Waals surface area (Å²) < 4.78 is 4.66. The summed E-state index contributed by atoms with van der Waals surface area (Å²) in [7, 11) is 0. The van der Waals surface area contributed by atoms with Crippen LogP contribution in [0.3, 0.4) is 0 Å². The lowest BCUT2D eigenvalue weighted by Gasteiger charge is -2.03. The molecule has 7 heteroatoms. The van der Waals surface area contributed by atoms with Crippen molar-refractivity contribution in [2.45, 2.75) is 6.92 Å². The molecule has 0 radical (unpaired) electrons. The summed E-state index contributed by atoms with van der Waals surface area (Å²) in [6.07, 6.45) is 0. The van der Waals surface area contributed by atoms with Gasteiger partial charge < -0.3 is 4.74 Å². The van der Waals surface area contributed by atoms with E-state index in [1.54, 1.807) is 6.92 Å². The Labute approximate surface area is 101 Å². The van der Waals surface area contributed by atoms with E-state index in [9.17, 15) is 19.7 Å². The van der Waals surface area contributed by atoms with Crippen molar-refractivity contribution in [2.75, 3.05) is 6.61 Å². The molecule has 0 spiro atoms. The van der Waals surface area contributed by atoms with E-state index in [2.05, 4.69) is 4.74 Å². The summed E-state index contributed by atoms with van der Waals surface area (Å²) >= 11 is 5.20. The van der Waals surface area contributed by atoms with Crippen LogP contribution in [0.2, 0.25) is 0 Å². The first-order valence-corrected chi connectivity index (χ1v) is 5.00. The Balaban J connectivity index is 3.27. The fourth-order valence-electron chi connectivity index (χ4n) is 1.19. The Morgan fingerprint density at radius 3 is 2.59 bits per heavy atom. The molecule has 6 nitrogen and oxygen atoms in total. The lowest BCUT2D eigenvalue weighted by Crippen LogP contribution is -2.08. The molecule has 1 aromatic carbocycles. The van der Waals surface area contributed by atoms with Crippen LogP contribution in [0.15, 0.2) is 18.2 Å². The average Bonchev–Trinajstić information content (AvgIpc) is 2.28. The van der Waals surface area contributed by atoms with Gasteiger partial charge in [-0.3, -0.25) is 14.9 Å². The standard InChI is InChI=1S/C10H8ClNO5/c1-2-17-10(14)7-4-3-6(9(11)13)5-8(7)12(15)16/h3-5H,2H2,1H3. The molecule has 0 N–H and O–H groups in total. The number of carbonyl (C=O) groups excluding carboxylic acids is 2. The van der Waals surface area contributed by atoms with Crippen LogP contribution < -0.4 is 0 Å². The van der Waals surface area contributed by atoms with E-state index in [-0.39, 0.29) is 17.7 Å². The minimum absolute atomic E-state index is 0.0496. The van der Waals surface area contributed by atoms with E-state index in [0.29, 0.717) is 0 Å². The third kappa shape index (κ3) is 3.01. The maximum absolute atomic E-state index is 11.4. The zero-order valence-corrected chi connectivity index (χ0v) is 9.56. The first-order chi connectivity index (χ1) is 7.97. The summed E-state index contributed by atoms with van der Waals surface area (Å²) in [5.74, 6) is -0.812. The van der Waals surface area contributed by atoms with Gasteiger partial charge in [-0.05, 0) is 30.7 Å². The van der Waals surface area contributed by atoms with Crippen LogP contribution in [0.4, 0.5) is 5.69 Å². The summed E-state index contributed by atoms with van der Waals surface area (Å²) in [5, 5.41) is 9.92. The molecular weight excluding hydrogens is 250 g/mol. The van der Waals surface area contributed by atoms with Gasteiger partial charge in [-0.15, -0.1) is 0 Å². The van der Waals surface area contributed by atoms with E-state index >= 15 is 0 Å². The lowest BCUT2D eigenvalue weighted by atomic mass is 10.1. The van der Waals surface area contributed by atoms with Crippen LogP contribution >= 0.6 is 11.6 Å². The van der Waals surface area contributed by atoms with Crippen LogP contribution in [0.5, 0.6) is 0 Å². The normalized spacial score (nSPS) is 9.76. The molecule has 0 aliphatic carbocycles. The predicted molar refractivity (Wildman–Crippen MR) is 59.2 cm³/mol. The van der Waals surface area contributed by atoms with Gasteiger partial charge in [0.05, 0.1) is 11.5 Å². The molecular formula is C10H8ClNO5. The third-order valence-electron chi connectivity index (χ3n) is 1.92. The van der Waals surface area contributed by atoms with E-state index < -0.39 is 21.8 Å². The average molecular weight is 258 g/mol. The molecule has 1 rings (SSSR count). The van der Waals surface area contributed by atoms with Crippen LogP contribution in [-0.4, -0.2) is 22.7 Å². The number of esters is 1. The van der Waals surface area contributed by atoms with Gasteiger partial charge in [-0.25, -0.2) is 4.79 Å². The minimum atomic E-state index is -0.830.